The molecule has 3 fully saturated rings. The van der Waals surface area contributed by atoms with E-state index in [2.05, 4.69) is 26.3 Å². The maximum Gasteiger partial charge on any atom is 0.285 e. The maximum absolute atomic E-state index is 14.2. The average molecular weight is 764 g/mol. The molecule has 300 valence electrons. The Morgan fingerprint density at radius 1 is 0.964 bits per heavy atom. The molecule has 4 heterocycles. The van der Waals surface area contributed by atoms with Crippen molar-refractivity contribution in [1.82, 2.24) is 26.3 Å². The lowest BCUT2D eigenvalue weighted by Crippen LogP contribution is -2.60. The van der Waals surface area contributed by atoms with Crippen molar-refractivity contribution in [3.8, 4) is 11.3 Å². The number of fused-ring (bicyclic) bond motifs is 2. The summed E-state index contributed by atoms with van der Waals surface area (Å²) in [6.45, 7) is 14.6. The van der Waals surface area contributed by atoms with E-state index in [4.69, 9.17) is 13.9 Å². The van der Waals surface area contributed by atoms with Gasteiger partial charge >= 0.3 is 0 Å². The molecule has 2 aromatic rings. The third kappa shape index (κ3) is 10.1. The molecule has 3 aliphatic heterocycles. The van der Waals surface area contributed by atoms with Crippen LogP contribution in [0.3, 0.4) is 0 Å². The Labute approximate surface area is 323 Å². The van der Waals surface area contributed by atoms with Gasteiger partial charge in [0, 0.05) is 35.8 Å². The van der Waals surface area contributed by atoms with E-state index < -0.39 is 64.6 Å². The van der Waals surface area contributed by atoms with Crippen LogP contribution in [-0.2, 0) is 33.4 Å². The third-order valence-electron chi connectivity index (χ3n) is 11.1. The van der Waals surface area contributed by atoms with Crippen molar-refractivity contribution in [3.63, 3.8) is 0 Å². The third-order valence-corrected chi connectivity index (χ3v) is 11.1. The van der Waals surface area contributed by atoms with E-state index in [1.165, 1.54) is 6.20 Å². The lowest BCUT2D eigenvalue weighted by Gasteiger charge is -2.36. The van der Waals surface area contributed by atoms with E-state index in [9.17, 15) is 28.8 Å². The highest BCUT2D eigenvalue weighted by Gasteiger charge is 2.49. The monoisotopic (exact) mass is 763 g/mol. The second-order valence-corrected chi connectivity index (χ2v) is 16.8. The minimum absolute atomic E-state index is 0.00466. The van der Waals surface area contributed by atoms with Gasteiger partial charge in [-0.3, -0.25) is 28.8 Å². The molecule has 0 radical (unpaired) electrons. The number of aromatic nitrogens is 1. The van der Waals surface area contributed by atoms with Crippen molar-refractivity contribution in [1.29, 1.82) is 0 Å². The van der Waals surface area contributed by atoms with Crippen LogP contribution < -0.4 is 21.3 Å². The average Bonchev–Trinajstić information content (AvgIpc) is 3.74. The molecular formula is C41H57N5O9. The lowest BCUT2D eigenvalue weighted by atomic mass is 9.75. The Kier molecular flexibility index (Phi) is 13.7. The molecule has 2 bridgehead atoms. The minimum atomic E-state index is -1.41. The Bertz CT molecular complexity index is 1700. The highest BCUT2D eigenvalue weighted by molar-refractivity contribution is 6.44. The molecule has 5 rings (SSSR count). The fourth-order valence-corrected chi connectivity index (χ4v) is 7.89. The Morgan fingerprint density at radius 3 is 2.31 bits per heavy atom. The predicted octanol–water partition coefficient (Wildman–Crippen LogP) is 3.84. The smallest absolute Gasteiger partial charge is 0.285 e. The van der Waals surface area contributed by atoms with Gasteiger partial charge in [0.15, 0.2) is 12.1 Å². The summed E-state index contributed by atoms with van der Waals surface area (Å²) in [4.78, 5) is 86.7. The second-order valence-electron chi connectivity index (χ2n) is 16.8. The minimum Gasteiger partial charge on any atom is -0.433 e. The van der Waals surface area contributed by atoms with Crippen LogP contribution in [0.2, 0.25) is 0 Å². The molecule has 0 aliphatic carbocycles. The van der Waals surface area contributed by atoms with E-state index in [1.54, 1.807) is 24.3 Å². The normalized spacial score (nSPS) is 25.6. The van der Waals surface area contributed by atoms with Crippen LogP contribution in [0.1, 0.15) is 91.3 Å². The van der Waals surface area contributed by atoms with Crippen LogP contribution in [0.25, 0.3) is 11.3 Å². The molecule has 4 amide bonds. The van der Waals surface area contributed by atoms with Gasteiger partial charge in [-0.25, -0.2) is 4.98 Å². The van der Waals surface area contributed by atoms with Crippen molar-refractivity contribution in [2.75, 3.05) is 19.8 Å². The summed E-state index contributed by atoms with van der Waals surface area (Å²) in [5, 5.41) is 11.4. The number of oxazole rings is 1. The molecule has 7 unspecified atom stereocenters. The number of nitrogens with one attached hydrogen (secondary N) is 4. The quantitative estimate of drug-likeness (QED) is 0.153. The van der Waals surface area contributed by atoms with Gasteiger partial charge in [0.25, 0.3) is 11.7 Å². The molecule has 4 N–H and O–H groups in total. The number of rotatable bonds is 15. The Morgan fingerprint density at radius 2 is 1.65 bits per heavy atom. The molecule has 1 aromatic heterocycles. The molecule has 55 heavy (non-hydrogen) atoms. The number of nitrogens with zero attached hydrogens (tertiary/aromatic N) is 1. The Balaban J connectivity index is 1.35. The van der Waals surface area contributed by atoms with Crippen LogP contribution in [0, 0.1) is 40.9 Å². The first-order chi connectivity index (χ1) is 26.1. The van der Waals surface area contributed by atoms with E-state index in [0.29, 0.717) is 44.6 Å². The van der Waals surface area contributed by atoms with E-state index in [-0.39, 0.29) is 60.4 Å². The van der Waals surface area contributed by atoms with Crippen molar-refractivity contribution >= 4 is 35.2 Å². The van der Waals surface area contributed by atoms with Crippen LogP contribution in [0.4, 0.5) is 0 Å². The number of ether oxygens (including phenoxy) is 2. The predicted molar refractivity (Wildman–Crippen MR) is 202 cm³/mol. The number of piperidine rings is 1. The molecular weight excluding hydrogens is 706 g/mol. The molecule has 14 heteroatoms. The van der Waals surface area contributed by atoms with Gasteiger partial charge in [-0.05, 0) is 42.9 Å². The summed E-state index contributed by atoms with van der Waals surface area (Å²) in [7, 11) is 0. The number of carbonyl (C=O) groups is 6. The second kappa shape index (κ2) is 18.0. The first-order valence-electron chi connectivity index (χ1n) is 19.6. The summed E-state index contributed by atoms with van der Waals surface area (Å²) in [5.74, 6) is -5.28. The van der Waals surface area contributed by atoms with Crippen LogP contribution >= 0.6 is 0 Å². The number of hydrogen-bond donors (Lipinski definition) is 4. The fourth-order valence-electron chi connectivity index (χ4n) is 7.89. The standard InChI is InChI=1S/C41H57N5O9/c1-8-24-20-53-40-23(4)27(21-54-40)31(24)37(51)46-34(41(5,6)7)38(52)45-29(17-22(2)3)36(50)44-28(18-26-15-12-16-42-35(26)49)32(47)33(48)39-43-19-30(55-39)25-13-10-9-11-14-25/h9-11,13-14,19,22-24,26-29,31,34,40H,8,12,15-18,20-21H2,1-7H3,(H,42,49)(H,44,50)(H,45,52)(H,46,51)/t23?,24?,26?,27-,28?,29?,31?,34-,40?/m1/s1. The summed E-state index contributed by atoms with van der Waals surface area (Å²) in [6, 6.07) is 5.39. The van der Waals surface area contributed by atoms with Gasteiger partial charge < -0.3 is 35.2 Å². The van der Waals surface area contributed by atoms with Gasteiger partial charge in [0.05, 0.1) is 25.5 Å². The van der Waals surface area contributed by atoms with Crippen LogP contribution in [-0.4, -0.2) is 84.4 Å². The van der Waals surface area contributed by atoms with Crippen molar-refractivity contribution in [3.05, 3.63) is 42.4 Å². The maximum atomic E-state index is 14.2. The number of hydrogen-bond acceptors (Lipinski definition) is 10. The molecule has 1 aromatic carbocycles. The summed E-state index contributed by atoms with van der Waals surface area (Å²) in [6.07, 6.45) is 2.89. The van der Waals surface area contributed by atoms with Crippen LogP contribution in [0.15, 0.2) is 40.9 Å². The molecule has 0 spiro atoms. The van der Waals surface area contributed by atoms with Crippen molar-refractivity contribution < 1.29 is 42.7 Å². The summed E-state index contributed by atoms with van der Waals surface area (Å²) in [5.41, 5.74) is -0.0955. The van der Waals surface area contributed by atoms with E-state index >= 15 is 0 Å². The number of carbonyl (C=O) groups excluding carboxylic acids is 6. The van der Waals surface area contributed by atoms with Crippen LogP contribution in [0.5, 0.6) is 0 Å². The van der Waals surface area contributed by atoms with Gasteiger partial charge in [0.2, 0.25) is 29.4 Å². The summed E-state index contributed by atoms with van der Waals surface area (Å²) >= 11 is 0. The first kappa shape index (κ1) is 41.7. The fraction of sp³-hybridized carbons (Fsp3) is 0.634. The SMILES string of the molecule is CCC1COC2OC[C@H](C2C)C1C(=O)N[C@H](C(=O)NC(CC(C)C)C(=O)NC(CC1CCCNC1=O)C(=O)C(=O)c1ncc(-c2ccccc2)o1)C(C)(C)C. The zero-order valence-electron chi connectivity index (χ0n) is 33.0. The highest BCUT2D eigenvalue weighted by Crippen LogP contribution is 2.41. The van der Waals surface area contributed by atoms with Gasteiger partial charge in [-0.1, -0.05) is 85.2 Å². The van der Waals surface area contributed by atoms with Gasteiger partial charge in [0.1, 0.15) is 12.1 Å². The van der Waals surface area contributed by atoms with Crippen molar-refractivity contribution in [2.24, 2.45) is 40.9 Å². The molecule has 14 nitrogen and oxygen atoms in total. The number of amides is 4. The molecule has 0 saturated carbocycles. The number of Topliss-reactive ketones (excluding diaryl/α,β-unsaturated/α-hetero) is 2. The zero-order chi connectivity index (χ0) is 40.0. The zero-order valence-corrected chi connectivity index (χ0v) is 33.0. The van der Waals surface area contributed by atoms with Gasteiger partial charge in [-0.15, -0.1) is 0 Å². The number of benzene rings is 1. The lowest BCUT2D eigenvalue weighted by molar-refractivity contribution is -0.147. The van der Waals surface area contributed by atoms with Gasteiger partial charge in [-0.2, -0.15) is 0 Å². The first-order valence-corrected chi connectivity index (χ1v) is 19.6. The Hall–Kier alpha value is -4.43. The molecule has 9 atom stereocenters. The largest absolute Gasteiger partial charge is 0.433 e. The summed E-state index contributed by atoms with van der Waals surface area (Å²) < 4.78 is 17.5. The van der Waals surface area contributed by atoms with Crippen molar-refractivity contribution in [2.45, 2.75) is 105 Å². The highest BCUT2D eigenvalue weighted by atomic mass is 16.7. The molecule has 3 aliphatic rings. The molecule has 3 saturated heterocycles. The van der Waals surface area contributed by atoms with E-state index in [1.807, 2.05) is 54.5 Å². The topological polar surface area (TPSA) is 195 Å². The van der Waals surface area contributed by atoms with E-state index in [0.717, 1.165) is 0 Å². The number of ketones is 2.